The van der Waals surface area contributed by atoms with E-state index in [1.807, 2.05) is 48.5 Å². The Hall–Kier alpha value is -4.73. The molecule has 4 heteroatoms. The number of hydrogen-bond donors (Lipinski definition) is 0. The van der Waals surface area contributed by atoms with Crippen LogP contribution in [0.3, 0.4) is 0 Å². The van der Waals surface area contributed by atoms with Crippen LogP contribution < -0.4 is 0 Å². The minimum Gasteiger partial charge on any atom is -0.278 e. The lowest BCUT2D eigenvalue weighted by Crippen LogP contribution is -2.03. The summed E-state index contributed by atoms with van der Waals surface area (Å²) in [5, 5.41) is 3.05. The third-order valence-electron chi connectivity index (χ3n) is 6.90. The highest BCUT2D eigenvalue weighted by molar-refractivity contribution is 6.30. The first-order valence-corrected chi connectivity index (χ1v) is 12.9. The number of para-hydroxylation sites is 1. The normalized spacial score (nSPS) is 11.3. The summed E-state index contributed by atoms with van der Waals surface area (Å²) in [5.74, 6) is 0.649. The van der Waals surface area contributed by atoms with E-state index in [0.29, 0.717) is 5.95 Å². The number of hydrogen-bond acceptors (Lipinski definition) is 2. The van der Waals surface area contributed by atoms with Gasteiger partial charge < -0.3 is 0 Å². The number of nitrogens with zero attached hydrogens (tertiary/aromatic N) is 3. The number of aromatic nitrogens is 3. The number of benzene rings is 5. The van der Waals surface area contributed by atoms with Gasteiger partial charge in [-0.2, -0.15) is 0 Å². The summed E-state index contributed by atoms with van der Waals surface area (Å²) >= 11 is 6.14. The first-order valence-electron chi connectivity index (χ1n) is 12.5. The van der Waals surface area contributed by atoms with Crippen LogP contribution in [0.5, 0.6) is 0 Å². The molecule has 0 unspecified atom stereocenters. The summed E-state index contributed by atoms with van der Waals surface area (Å²) in [6.45, 7) is 0. The third kappa shape index (κ3) is 3.94. The van der Waals surface area contributed by atoms with E-state index in [-0.39, 0.29) is 0 Å². The molecule has 0 spiro atoms. The van der Waals surface area contributed by atoms with E-state index in [2.05, 4.69) is 89.5 Å². The van der Waals surface area contributed by atoms with E-state index >= 15 is 0 Å². The van der Waals surface area contributed by atoms with Crippen molar-refractivity contribution >= 4 is 33.4 Å². The fourth-order valence-electron chi connectivity index (χ4n) is 5.06. The molecule has 5 aromatic carbocycles. The lowest BCUT2D eigenvalue weighted by atomic mass is 10.0. The molecule has 0 aliphatic carbocycles. The molecule has 0 atom stereocenters. The first kappa shape index (κ1) is 22.5. The van der Waals surface area contributed by atoms with Gasteiger partial charge in [0.1, 0.15) is 0 Å². The highest BCUT2D eigenvalue weighted by Gasteiger charge is 2.17. The van der Waals surface area contributed by atoms with E-state index < -0.39 is 0 Å². The predicted molar refractivity (Wildman–Crippen MR) is 158 cm³/mol. The smallest absolute Gasteiger partial charge is 0.235 e. The van der Waals surface area contributed by atoms with Gasteiger partial charge in [-0.05, 0) is 47.5 Å². The Balaban J connectivity index is 1.50. The van der Waals surface area contributed by atoms with E-state index in [0.717, 1.165) is 60.5 Å². The van der Waals surface area contributed by atoms with Crippen molar-refractivity contribution in [2.24, 2.45) is 0 Å². The van der Waals surface area contributed by atoms with Crippen molar-refractivity contribution in [2.75, 3.05) is 0 Å². The summed E-state index contributed by atoms with van der Waals surface area (Å²) in [5.41, 5.74) is 8.28. The Morgan fingerprint density at radius 3 is 1.66 bits per heavy atom. The van der Waals surface area contributed by atoms with Gasteiger partial charge in [0.05, 0.1) is 22.4 Å². The summed E-state index contributed by atoms with van der Waals surface area (Å²) in [6.07, 6.45) is 0. The van der Waals surface area contributed by atoms with E-state index in [1.165, 1.54) is 0 Å². The molecule has 0 radical (unpaired) electrons. The lowest BCUT2D eigenvalue weighted by molar-refractivity contribution is 0.995. The van der Waals surface area contributed by atoms with Crippen molar-refractivity contribution in [3.05, 3.63) is 138 Å². The van der Waals surface area contributed by atoms with E-state index in [4.69, 9.17) is 21.6 Å². The molecule has 7 rings (SSSR count). The van der Waals surface area contributed by atoms with Crippen molar-refractivity contribution in [2.45, 2.75) is 0 Å². The average Bonchev–Trinajstić information content (AvgIpc) is 3.32. The fraction of sp³-hybridized carbons (Fsp3) is 0. The molecule has 0 saturated heterocycles. The largest absolute Gasteiger partial charge is 0.278 e. The van der Waals surface area contributed by atoms with Crippen molar-refractivity contribution in [1.82, 2.24) is 14.5 Å². The second-order valence-electron chi connectivity index (χ2n) is 9.26. The summed E-state index contributed by atoms with van der Waals surface area (Å²) in [6, 6.07) is 45.6. The van der Waals surface area contributed by atoms with Crippen LogP contribution in [0, 0.1) is 0 Å². The molecule has 0 aliphatic rings. The van der Waals surface area contributed by atoms with Crippen LogP contribution in [0.15, 0.2) is 133 Å². The second-order valence-corrected chi connectivity index (χ2v) is 9.70. The standard InChI is InChI=1S/C34H22ClN3/c35-27-18-15-23(16-19-27)26-17-20-33-29(21-26)28-13-7-8-14-32(28)38(33)34-36-30(24-9-3-1-4-10-24)22-31(37-34)25-11-5-2-6-12-25/h1-22H. The van der Waals surface area contributed by atoms with Crippen LogP contribution in [-0.4, -0.2) is 14.5 Å². The molecule has 0 N–H and O–H groups in total. The Bertz CT molecular complexity index is 1850. The van der Waals surface area contributed by atoms with Gasteiger partial charge >= 0.3 is 0 Å². The number of fused-ring (bicyclic) bond motifs is 3. The van der Waals surface area contributed by atoms with Gasteiger partial charge in [-0.25, -0.2) is 9.97 Å². The molecule has 0 aliphatic heterocycles. The maximum atomic E-state index is 6.14. The monoisotopic (exact) mass is 507 g/mol. The maximum Gasteiger partial charge on any atom is 0.235 e. The van der Waals surface area contributed by atoms with E-state index in [1.54, 1.807) is 0 Å². The number of rotatable bonds is 4. The van der Waals surface area contributed by atoms with Gasteiger partial charge in [0.2, 0.25) is 5.95 Å². The first-order chi connectivity index (χ1) is 18.7. The van der Waals surface area contributed by atoms with Crippen molar-refractivity contribution in [1.29, 1.82) is 0 Å². The van der Waals surface area contributed by atoms with Crippen LogP contribution in [0.1, 0.15) is 0 Å². The van der Waals surface area contributed by atoms with Crippen LogP contribution in [0.25, 0.3) is 61.4 Å². The van der Waals surface area contributed by atoms with Crippen LogP contribution in [0.2, 0.25) is 5.02 Å². The zero-order valence-electron chi connectivity index (χ0n) is 20.4. The number of halogens is 1. The van der Waals surface area contributed by atoms with Crippen molar-refractivity contribution < 1.29 is 0 Å². The van der Waals surface area contributed by atoms with Gasteiger partial charge in [-0.15, -0.1) is 0 Å². The molecule has 0 bridgehead atoms. The molecule has 0 amide bonds. The van der Waals surface area contributed by atoms with Gasteiger partial charge in [-0.1, -0.05) is 109 Å². The Morgan fingerprint density at radius 1 is 0.447 bits per heavy atom. The quantitative estimate of drug-likeness (QED) is 0.237. The minimum atomic E-state index is 0.649. The molecular formula is C34H22ClN3. The van der Waals surface area contributed by atoms with Gasteiger partial charge in [-0.3, -0.25) is 4.57 Å². The predicted octanol–water partition coefficient (Wildman–Crippen LogP) is 9.23. The van der Waals surface area contributed by atoms with Gasteiger partial charge in [0.25, 0.3) is 0 Å². The highest BCUT2D eigenvalue weighted by Crippen LogP contribution is 2.35. The minimum absolute atomic E-state index is 0.649. The third-order valence-corrected chi connectivity index (χ3v) is 7.16. The second kappa shape index (κ2) is 9.29. The van der Waals surface area contributed by atoms with Crippen LogP contribution in [0.4, 0.5) is 0 Å². The topological polar surface area (TPSA) is 30.7 Å². The van der Waals surface area contributed by atoms with Gasteiger partial charge in [0, 0.05) is 26.9 Å². The summed E-state index contributed by atoms with van der Waals surface area (Å²) < 4.78 is 2.18. The Kier molecular flexibility index (Phi) is 5.49. The van der Waals surface area contributed by atoms with Crippen LogP contribution >= 0.6 is 11.6 Å². The highest BCUT2D eigenvalue weighted by atomic mass is 35.5. The zero-order chi connectivity index (χ0) is 25.5. The average molecular weight is 508 g/mol. The van der Waals surface area contributed by atoms with Crippen molar-refractivity contribution in [3.8, 4) is 39.6 Å². The molecule has 2 aromatic heterocycles. The summed E-state index contributed by atoms with van der Waals surface area (Å²) in [7, 11) is 0. The molecule has 0 fully saturated rings. The Labute approximate surface area is 225 Å². The van der Waals surface area contributed by atoms with Gasteiger partial charge in [0.15, 0.2) is 0 Å². The van der Waals surface area contributed by atoms with E-state index in [9.17, 15) is 0 Å². The molecular weight excluding hydrogens is 486 g/mol. The fourth-order valence-corrected chi connectivity index (χ4v) is 5.18. The van der Waals surface area contributed by atoms with Crippen molar-refractivity contribution in [3.63, 3.8) is 0 Å². The molecule has 38 heavy (non-hydrogen) atoms. The molecule has 0 saturated carbocycles. The molecule has 2 heterocycles. The molecule has 7 aromatic rings. The Morgan fingerprint density at radius 2 is 1.00 bits per heavy atom. The lowest BCUT2D eigenvalue weighted by Gasteiger charge is -2.12. The maximum absolute atomic E-state index is 6.14. The summed E-state index contributed by atoms with van der Waals surface area (Å²) in [4.78, 5) is 10.2. The zero-order valence-corrected chi connectivity index (χ0v) is 21.2. The molecule has 180 valence electrons. The SMILES string of the molecule is Clc1ccc(-c2ccc3c(c2)c2ccccc2n3-c2nc(-c3ccccc3)cc(-c3ccccc3)n2)cc1. The molecule has 3 nitrogen and oxygen atoms in total. The van der Waals surface area contributed by atoms with Crippen LogP contribution in [-0.2, 0) is 0 Å².